The molecule has 0 radical (unpaired) electrons. The summed E-state index contributed by atoms with van der Waals surface area (Å²) in [6.45, 7) is 0.316. The lowest BCUT2D eigenvalue weighted by molar-refractivity contribution is -0.146. The molecule has 1 heterocycles. The molecule has 1 atom stereocenters. The maximum Gasteiger partial charge on any atom is 0.420 e. The molecule has 5 rings (SSSR count). The van der Waals surface area contributed by atoms with E-state index in [-0.39, 0.29) is 23.1 Å². The van der Waals surface area contributed by atoms with Crippen molar-refractivity contribution >= 4 is 40.1 Å². The Bertz CT molecular complexity index is 1650. The lowest BCUT2D eigenvalue weighted by atomic mass is 9.75. The van der Waals surface area contributed by atoms with Crippen LogP contribution in [0, 0.1) is 11.8 Å². The van der Waals surface area contributed by atoms with Crippen molar-refractivity contribution in [3.8, 4) is 17.2 Å². The topological polar surface area (TPSA) is 99.0 Å². The van der Waals surface area contributed by atoms with Gasteiger partial charge in [-0.1, -0.05) is 23.7 Å². The normalized spacial score (nSPS) is 17.2. The third-order valence-corrected chi connectivity index (χ3v) is 7.75. The molecule has 0 aliphatic heterocycles. The summed E-state index contributed by atoms with van der Waals surface area (Å²) in [5.74, 6) is -1.08. The van der Waals surface area contributed by atoms with Crippen molar-refractivity contribution in [2.75, 3.05) is 26.1 Å². The fourth-order valence-corrected chi connectivity index (χ4v) is 5.26. The molecule has 1 aliphatic carbocycles. The second-order valence-electron chi connectivity index (χ2n) is 10.3. The second-order valence-corrected chi connectivity index (χ2v) is 10.8. The van der Waals surface area contributed by atoms with Crippen LogP contribution >= 0.6 is 11.6 Å². The number of hydrogen-bond donors (Lipinski definition) is 2. The number of rotatable bonds is 10. The fourth-order valence-electron chi connectivity index (χ4n) is 5.14. The number of hydrogen-bond acceptors (Lipinski definition) is 6. The van der Waals surface area contributed by atoms with Crippen molar-refractivity contribution < 1.29 is 42.1 Å². The third-order valence-electron chi connectivity index (χ3n) is 7.50. The number of nitrogens with one attached hydrogen (secondary N) is 1. The zero-order valence-electron chi connectivity index (χ0n) is 23.2. The molecule has 2 N–H and O–H groups in total. The van der Waals surface area contributed by atoms with E-state index in [1.807, 2.05) is 0 Å². The quantitative estimate of drug-likeness (QED) is 0.193. The van der Waals surface area contributed by atoms with Crippen molar-refractivity contribution in [3.63, 3.8) is 0 Å². The highest BCUT2D eigenvalue weighted by Gasteiger charge is 2.36. The Morgan fingerprint density at radius 1 is 1.02 bits per heavy atom. The number of ether oxygens (including phenoxy) is 3. The molecule has 4 aromatic rings. The van der Waals surface area contributed by atoms with E-state index >= 15 is 0 Å². The van der Waals surface area contributed by atoms with E-state index in [9.17, 15) is 22.8 Å². The first-order valence-corrected chi connectivity index (χ1v) is 13.7. The number of aliphatic carboxylic acids is 1. The van der Waals surface area contributed by atoms with Crippen molar-refractivity contribution in [3.05, 3.63) is 83.0 Å². The molecule has 0 spiro atoms. The summed E-state index contributed by atoms with van der Waals surface area (Å²) in [6.07, 6.45) is -2.22. The minimum Gasteiger partial charge on any atom is -0.497 e. The number of nitrogens with zero attached hydrogens (tertiary/aromatic N) is 1. The maximum atomic E-state index is 14.1. The van der Waals surface area contributed by atoms with Crippen LogP contribution in [0.1, 0.15) is 34.8 Å². The Labute approximate surface area is 249 Å². The van der Waals surface area contributed by atoms with Crippen LogP contribution in [0.5, 0.6) is 17.2 Å². The predicted octanol–water partition coefficient (Wildman–Crippen LogP) is 7.31. The zero-order chi connectivity index (χ0) is 30.9. The Kier molecular flexibility index (Phi) is 8.45. The number of halogens is 4. The van der Waals surface area contributed by atoms with Crippen LogP contribution in [-0.4, -0.2) is 42.4 Å². The van der Waals surface area contributed by atoms with Gasteiger partial charge in [-0.2, -0.15) is 13.2 Å². The average Bonchev–Trinajstić information content (AvgIpc) is 3.37. The van der Waals surface area contributed by atoms with Gasteiger partial charge in [0, 0.05) is 40.5 Å². The summed E-state index contributed by atoms with van der Waals surface area (Å²) < 4.78 is 58.9. The molecule has 1 aliphatic rings. The number of aromatic nitrogens is 1. The van der Waals surface area contributed by atoms with Crippen molar-refractivity contribution in [1.29, 1.82) is 0 Å². The molecule has 0 saturated heterocycles. The first-order chi connectivity index (χ1) is 20.5. The summed E-state index contributed by atoms with van der Waals surface area (Å²) >= 11 is 6.09. The molecule has 43 heavy (non-hydrogen) atoms. The van der Waals surface area contributed by atoms with Crippen LogP contribution in [0.25, 0.3) is 10.9 Å². The minimum atomic E-state index is -4.70. The standard InChI is InChI=1S/C31H28ClF3N2O6/c1-41-23-12-22(13-24(14-23)43-16-17-9-20(10-17)30(39)40)36-28(18-3-5-21(32)6-4-18)29(38)37-8-7-19-11-27(42-2)25(15-26(19)37)31(33,34)35/h3-8,11-15,17,20,28,36H,9-10,16H2,1-2H3,(H,39,40)/t17?,20?,28-/m0/s1. The number of alkyl halides is 3. The van der Waals surface area contributed by atoms with Gasteiger partial charge in [-0.15, -0.1) is 0 Å². The van der Waals surface area contributed by atoms with Crippen molar-refractivity contribution in [2.24, 2.45) is 11.8 Å². The van der Waals surface area contributed by atoms with Crippen LogP contribution in [0.3, 0.4) is 0 Å². The van der Waals surface area contributed by atoms with Gasteiger partial charge in [0.25, 0.3) is 5.91 Å². The number of carbonyl (C=O) groups is 2. The number of carboxylic acids is 1. The molecule has 3 aromatic carbocycles. The predicted molar refractivity (Wildman–Crippen MR) is 154 cm³/mol. The zero-order valence-corrected chi connectivity index (χ0v) is 23.9. The van der Waals surface area contributed by atoms with Crippen molar-refractivity contribution in [2.45, 2.75) is 25.1 Å². The Balaban J connectivity index is 1.48. The van der Waals surface area contributed by atoms with E-state index in [0.717, 1.165) is 13.2 Å². The van der Waals surface area contributed by atoms with Gasteiger partial charge < -0.3 is 24.6 Å². The number of benzene rings is 3. The number of carboxylic acid groups (broad SMARTS) is 1. The molecule has 1 saturated carbocycles. The van der Waals surface area contributed by atoms with Crippen molar-refractivity contribution in [1.82, 2.24) is 4.57 Å². The molecule has 226 valence electrons. The number of anilines is 1. The Morgan fingerprint density at radius 2 is 1.72 bits per heavy atom. The minimum absolute atomic E-state index is 0.0636. The smallest absolute Gasteiger partial charge is 0.420 e. The molecular formula is C31H28ClF3N2O6. The number of carbonyl (C=O) groups excluding carboxylic acids is 1. The van der Waals surface area contributed by atoms with Gasteiger partial charge in [-0.05, 0) is 54.7 Å². The van der Waals surface area contributed by atoms with Gasteiger partial charge in [0.1, 0.15) is 23.3 Å². The molecular weight excluding hydrogens is 589 g/mol. The van der Waals surface area contributed by atoms with Gasteiger partial charge in [-0.25, -0.2) is 0 Å². The Hall–Kier alpha value is -4.38. The van der Waals surface area contributed by atoms with Gasteiger partial charge >= 0.3 is 12.1 Å². The van der Waals surface area contributed by atoms with Gasteiger partial charge in [0.15, 0.2) is 0 Å². The largest absolute Gasteiger partial charge is 0.497 e. The molecule has 1 aromatic heterocycles. The summed E-state index contributed by atoms with van der Waals surface area (Å²) in [6, 6.07) is 14.2. The van der Waals surface area contributed by atoms with Gasteiger partial charge in [0.2, 0.25) is 0 Å². The van der Waals surface area contributed by atoms with Crippen LogP contribution in [-0.2, 0) is 11.0 Å². The number of fused-ring (bicyclic) bond motifs is 1. The highest BCUT2D eigenvalue weighted by atomic mass is 35.5. The highest BCUT2D eigenvalue weighted by molar-refractivity contribution is 6.30. The molecule has 0 bridgehead atoms. The van der Waals surface area contributed by atoms with Crippen LogP contribution < -0.4 is 19.5 Å². The first-order valence-electron chi connectivity index (χ1n) is 13.3. The van der Waals surface area contributed by atoms with Gasteiger partial charge in [-0.3, -0.25) is 14.2 Å². The summed E-state index contributed by atoms with van der Waals surface area (Å²) in [4.78, 5) is 25.2. The van der Waals surface area contributed by atoms with E-state index in [1.54, 1.807) is 48.5 Å². The highest BCUT2D eigenvalue weighted by Crippen LogP contribution is 2.40. The molecule has 8 nitrogen and oxygen atoms in total. The Morgan fingerprint density at radius 3 is 2.35 bits per heavy atom. The van der Waals surface area contributed by atoms with E-state index in [0.29, 0.717) is 52.6 Å². The SMILES string of the molecule is COc1cc(N[C@H](C(=O)n2ccc3cc(OC)c(C(F)(F)F)cc32)c2ccc(Cl)cc2)cc(OCC2CC(C(=O)O)C2)c1. The molecule has 1 fully saturated rings. The molecule has 0 unspecified atom stereocenters. The first kappa shape index (κ1) is 30.1. The summed E-state index contributed by atoms with van der Waals surface area (Å²) in [7, 11) is 2.64. The van der Waals surface area contributed by atoms with Crippen LogP contribution in [0.15, 0.2) is 66.9 Å². The fraction of sp³-hybridized carbons (Fsp3) is 0.290. The summed E-state index contributed by atoms with van der Waals surface area (Å²) in [5.41, 5.74) is 0.0322. The van der Waals surface area contributed by atoms with Gasteiger partial charge in [0.05, 0.1) is 37.8 Å². The third kappa shape index (κ3) is 6.51. The van der Waals surface area contributed by atoms with E-state index in [4.69, 9.17) is 30.9 Å². The van der Waals surface area contributed by atoms with Crippen LogP contribution in [0.4, 0.5) is 18.9 Å². The van der Waals surface area contributed by atoms with E-state index < -0.39 is 29.7 Å². The molecule has 0 amide bonds. The second kappa shape index (κ2) is 12.1. The number of methoxy groups -OCH3 is 2. The average molecular weight is 617 g/mol. The van der Waals surface area contributed by atoms with E-state index in [1.165, 1.54) is 23.9 Å². The monoisotopic (exact) mass is 616 g/mol. The lowest BCUT2D eigenvalue weighted by Gasteiger charge is -2.32. The van der Waals surface area contributed by atoms with Crippen LogP contribution in [0.2, 0.25) is 5.02 Å². The maximum absolute atomic E-state index is 14.1. The lowest BCUT2D eigenvalue weighted by Crippen LogP contribution is -2.33. The summed E-state index contributed by atoms with van der Waals surface area (Å²) in [5, 5.41) is 13.2. The van der Waals surface area contributed by atoms with E-state index in [2.05, 4.69) is 5.32 Å². The molecule has 12 heteroatoms.